The number of hydrogen-bond donors (Lipinski definition) is 1. The normalized spacial score (nSPS) is 12.5. The fourth-order valence-electron chi connectivity index (χ4n) is 2.64. The molecule has 0 rings (SSSR count). The Morgan fingerprint density at radius 2 is 1.24 bits per heavy atom. The van der Waals surface area contributed by atoms with Crippen LogP contribution in [0.5, 0.6) is 0 Å². The van der Waals surface area contributed by atoms with E-state index in [0.717, 1.165) is 51.4 Å². The van der Waals surface area contributed by atoms with Crippen LogP contribution in [-0.4, -0.2) is 17.2 Å². The Bertz CT molecular complexity index is 231. The van der Waals surface area contributed by atoms with E-state index in [1.54, 1.807) is 0 Å². The van der Waals surface area contributed by atoms with Gasteiger partial charge in [-0.25, -0.2) is 4.39 Å². The molecule has 2 nitrogen and oxygen atoms in total. The Kier molecular flexibility index (Phi) is 15.3. The second-order valence-electron chi connectivity index (χ2n) is 6.21. The summed E-state index contributed by atoms with van der Waals surface area (Å²) in [6.45, 7) is 2.18. The standard InChI is InChI=1S/C18H35FO2/c1-2-3-4-11-14-17(19)15-12-9-7-5-6-8-10-13-16-18(20)21/h17H,2-16H2,1H3,(H,20,21)/t17-/m0/s1. The average Bonchev–Trinajstić information content (AvgIpc) is 2.45. The highest BCUT2D eigenvalue weighted by Crippen LogP contribution is 2.16. The number of unbranched alkanes of at least 4 members (excludes halogenated alkanes) is 10. The Labute approximate surface area is 130 Å². The van der Waals surface area contributed by atoms with E-state index < -0.39 is 12.1 Å². The zero-order valence-corrected chi connectivity index (χ0v) is 13.9. The molecule has 3 heteroatoms. The van der Waals surface area contributed by atoms with Gasteiger partial charge in [0.05, 0.1) is 0 Å². The number of carboxylic acids is 1. The Balaban J connectivity index is 3.12. The van der Waals surface area contributed by atoms with E-state index in [2.05, 4.69) is 6.92 Å². The van der Waals surface area contributed by atoms with Gasteiger partial charge in [-0.15, -0.1) is 0 Å². The minimum Gasteiger partial charge on any atom is -0.481 e. The van der Waals surface area contributed by atoms with Crippen molar-refractivity contribution >= 4 is 5.97 Å². The first kappa shape index (κ1) is 20.4. The second-order valence-corrected chi connectivity index (χ2v) is 6.21. The lowest BCUT2D eigenvalue weighted by atomic mass is 10.0. The zero-order chi connectivity index (χ0) is 15.8. The maximum Gasteiger partial charge on any atom is 0.303 e. The minimum atomic E-state index is -0.689. The van der Waals surface area contributed by atoms with E-state index in [0.29, 0.717) is 6.42 Å². The fraction of sp³-hybridized carbons (Fsp3) is 0.944. The highest BCUT2D eigenvalue weighted by Gasteiger charge is 2.05. The Morgan fingerprint density at radius 3 is 1.71 bits per heavy atom. The van der Waals surface area contributed by atoms with E-state index >= 15 is 0 Å². The predicted molar refractivity (Wildman–Crippen MR) is 87.5 cm³/mol. The summed E-state index contributed by atoms with van der Waals surface area (Å²) in [5.74, 6) is -0.689. The maximum atomic E-state index is 13.6. The zero-order valence-electron chi connectivity index (χ0n) is 13.9. The highest BCUT2D eigenvalue weighted by atomic mass is 19.1. The minimum absolute atomic E-state index is 0.302. The number of halogens is 1. The molecule has 0 saturated heterocycles. The molecule has 0 unspecified atom stereocenters. The number of aliphatic carboxylic acids is 1. The third kappa shape index (κ3) is 17.3. The number of alkyl halides is 1. The van der Waals surface area contributed by atoms with Crippen molar-refractivity contribution in [3.8, 4) is 0 Å². The monoisotopic (exact) mass is 302 g/mol. The van der Waals surface area contributed by atoms with E-state index in [1.807, 2.05) is 0 Å². The van der Waals surface area contributed by atoms with Gasteiger partial charge >= 0.3 is 5.97 Å². The molecule has 21 heavy (non-hydrogen) atoms. The first-order valence-electron chi connectivity index (χ1n) is 9.02. The summed E-state index contributed by atoms with van der Waals surface area (Å²) < 4.78 is 13.6. The number of carboxylic acid groups (broad SMARTS) is 1. The molecular formula is C18H35FO2. The van der Waals surface area contributed by atoms with Crippen LogP contribution in [0.4, 0.5) is 4.39 Å². The fourth-order valence-corrected chi connectivity index (χ4v) is 2.64. The number of hydrogen-bond acceptors (Lipinski definition) is 1. The van der Waals surface area contributed by atoms with Crippen molar-refractivity contribution in [2.45, 2.75) is 109 Å². The van der Waals surface area contributed by atoms with Gasteiger partial charge in [0.2, 0.25) is 0 Å². The molecule has 0 bridgehead atoms. The van der Waals surface area contributed by atoms with Crippen molar-refractivity contribution < 1.29 is 14.3 Å². The lowest BCUT2D eigenvalue weighted by Crippen LogP contribution is -1.99. The van der Waals surface area contributed by atoms with Crippen molar-refractivity contribution in [2.24, 2.45) is 0 Å². The first-order valence-corrected chi connectivity index (χ1v) is 9.02. The van der Waals surface area contributed by atoms with Gasteiger partial charge in [0.1, 0.15) is 6.17 Å². The van der Waals surface area contributed by atoms with Crippen molar-refractivity contribution in [1.29, 1.82) is 0 Å². The molecule has 0 fully saturated rings. The topological polar surface area (TPSA) is 37.3 Å². The van der Waals surface area contributed by atoms with Gasteiger partial charge in [0.15, 0.2) is 0 Å². The number of rotatable bonds is 16. The summed E-state index contributed by atoms with van der Waals surface area (Å²) in [6, 6.07) is 0. The van der Waals surface area contributed by atoms with Crippen molar-refractivity contribution in [3.63, 3.8) is 0 Å². The maximum absolute atomic E-state index is 13.6. The van der Waals surface area contributed by atoms with Crippen molar-refractivity contribution in [3.05, 3.63) is 0 Å². The second kappa shape index (κ2) is 15.8. The van der Waals surface area contributed by atoms with Crippen LogP contribution < -0.4 is 0 Å². The summed E-state index contributed by atoms with van der Waals surface area (Å²) in [5, 5.41) is 8.51. The van der Waals surface area contributed by atoms with Crippen LogP contribution in [0.1, 0.15) is 103 Å². The van der Waals surface area contributed by atoms with Crippen LogP contribution in [-0.2, 0) is 4.79 Å². The third-order valence-corrected chi connectivity index (χ3v) is 4.03. The molecule has 0 aliphatic heterocycles. The summed E-state index contributed by atoms with van der Waals surface area (Å²) >= 11 is 0. The molecule has 0 aliphatic carbocycles. The van der Waals surface area contributed by atoms with Gasteiger partial charge < -0.3 is 5.11 Å². The first-order chi connectivity index (χ1) is 10.2. The Hall–Kier alpha value is -0.600. The molecule has 0 aliphatic rings. The summed E-state index contributed by atoms with van der Waals surface area (Å²) in [5.41, 5.74) is 0. The molecule has 0 heterocycles. The smallest absolute Gasteiger partial charge is 0.303 e. The van der Waals surface area contributed by atoms with E-state index in [4.69, 9.17) is 5.11 Å². The molecule has 0 aromatic rings. The summed E-state index contributed by atoms with van der Waals surface area (Å²) in [7, 11) is 0. The molecule has 0 radical (unpaired) electrons. The highest BCUT2D eigenvalue weighted by molar-refractivity contribution is 5.66. The van der Waals surface area contributed by atoms with Gasteiger partial charge in [-0.1, -0.05) is 77.6 Å². The molecular weight excluding hydrogens is 267 g/mol. The molecule has 1 atom stereocenters. The van der Waals surface area contributed by atoms with Gasteiger partial charge in [-0.3, -0.25) is 4.79 Å². The van der Waals surface area contributed by atoms with Gasteiger partial charge in [-0.2, -0.15) is 0 Å². The SMILES string of the molecule is CCCCCC[C@H](F)CCCCCCCCCCC(=O)O. The summed E-state index contributed by atoms with van der Waals surface area (Å²) in [4.78, 5) is 10.3. The molecule has 0 aromatic carbocycles. The van der Waals surface area contributed by atoms with E-state index in [-0.39, 0.29) is 0 Å². The van der Waals surface area contributed by atoms with Crippen molar-refractivity contribution in [1.82, 2.24) is 0 Å². The quantitative estimate of drug-likeness (QED) is 0.341. The van der Waals surface area contributed by atoms with Crippen LogP contribution in [0.3, 0.4) is 0 Å². The molecule has 0 aromatic heterocycles. The lowest BCUT2D eigenvalue weighted by Gasteiger charge is -2.07. The van der Waals surface area contributed by atoms with Crippen LogP contribution in [0.25, 0.3) is 0 Å². The molecule has 0 saturated carbocycles. The number of carbonyl (C=O) groups is 1. The van der Waals surface area contributed by atoms with Gasteiger partial charge in [0.25, 0.3) is 0 Å². The van der Waals surface area contributed by atoms with E-state index in [9.17, 15) is 9.18 Å². The third-order valence-electron chi connectivity index (χ3n) is 4.03. The molecule has 1 N–H and O–H groups in total. The molecule has 126 valence electrons. The largest absolute Gasteiger partial charge is 0.481 e. The van der Waals surface area contributed by atoms with Crippen LogP contribution >= 0.6 is 0 Å². The van der Waals surface area contributed by atoms with E-state index in [1.165, 1.54) is 38.5 Å². The van der Waals surface area contributed by atoms with Crippen LogP contribution in [0, 0.1) is 0 Å². The van der Waals surface area contributed by atoms with Crippen molar-refractivity contribution in [2.75, 3.05) is 0 Å². The molecule has 0 spiro atoms. The summed E-state index contributed by atoms with van der Waals surface area (Å²) in [6.07, 6.45) is 14.6. The predicted octanol–water partition coefficient (Wildman–Crippen LogP) is 6.28. The average molecular weight is 302 g/mol. The van der Waals surface area contributed by atoms with Gasteiger partial charge in [-0.05, 0) is 19.3 Å². The van der Waals surface area contributed by atoms with Gasteiger partial charge in [0, 0.05) is 6.42 Å². The lowest BCUT2D eigenvalue weighted by molar-refractivity contribution is -0.137. The Morgan fingerprint density at radius 1 is 0.810 bits per heavy atom. The van der Waals surface area contributed by atoms with Crippen LogP contribution in [0.15, 0.2) is 0 Å². The molecule has 0 amide bonds. The van der Waals surface area contributed by atoms with Crippen LogP contribution in [0.2, 0.25) is 0 Å².